The maximum absolute atomic E-state index is 14.2. The smallest absolute Gasteiger partial charge is 0.248 e. The summed E-state index contributed by atoms with van der Waals surface area (Å²) in [4.78, 5) is 11.9. The first kappa shape index (κ1) is 17.0. The topological polar surface area (TPSA) is 17.1 Å². The van der Waals surface area contributed by atoms with Gasteiger partial charge in [0, 0.05) is 18.8 Å². The van der Waals surface area contributed by atoms with E-state index in [4.69, 9.17) is 0 Å². The number of halogens is 2. The van der Waals surface area contributed by atoms with E-state index in [-0.39, 0.29) is 10.8 Å². The van der Waals surface area contributed by atoms with Gasteiger partial charge in [0.1, 0.15) is 5.78 Å². The van der Waals surface area contributed by atoms with Crippen LogP contribution in [0.1, 0.15) is 78.6 Å². The molecular weight excluding hydrogens is 306 g/mol. The van der Waals surface area contributed by atoms with E-state index in [1.807, 2.05) is 0 Å². The van der Waals surface area contributed by atoms with Crippen LogP contribution >= 0.6 is 0 Å². The van der Waals surface area contributed by atoms with Crippen molar-refractivity contribution in [1.82, 2.24) is 0 Å². The minimum absolute atomic E-state index is 0.174. The van der Waals surface area contributed by atoms with Crippen LogP contribution in [0.4, 0.5) is 8.78 Å². The number of Topliss-reactive ketones (excluding diaryl/α,β-unsaturated/α-hetero) is 1. The summed E-state index contributed by atoms with van der Waals surface area (Å²) in [6.45, 7) is 5.73. The van der Waals surface area contributed by atoms with Gasteiger partial charge in [-0.3, -0.25) is 4.79 Å². The number of hydrogen-bond donors (Lipinski definition) is 0. The first-order valence-corrected chi connectivity index (χ1v) is 10.1. The van der Waals surface area contributed by atoms with Gasteiger partial charge >= 0.3 is 0 Å². The molecule has 3 heteroatoms. The maximum atomic E-state index is 14.2. The summed E-state index contributed by atoms with van der Waals surface area (Å²) in [7, 11) is 0. The van der Waals surface area contributed by atoms with Crippen LogP contribution < -0.4 is 0 Å². The Morgan fingerprint density at radius 3 is 2.38 bits per heavy atom. The van der Waals surface area contributed by atoms with E-state index >= 15 is 0 Å². The van der Waals surface area contributed by atoms with Gasteiger partial charge in [-0.1, -0.05) is 13.8 Å². The molecular formula is C21H32F2O. The van der Waals surface area contributed by atoms with Crippen LogP contribution in [0.5, 0.6) is 0 Å². The zero-order valence-electron chi connectivity index (χ0n) is 15.4. The highest BCUT2D eigenvalue weighted by Crippen LogP contribution is 2.68. The average Bonchev–Trinajstić information content (AvgIpc) is 2.85. The third-order valence-electron chi connectivity index (χ3n) is 9.09. The highest BCUT2D eigenvalue weighted by molar-refractivity contribution is 5.79. The fourth-order valence-electron chi connectivity index (χ4n) is 7.88. The van der Waals surface area contributed by atoms with E-state index in [0.29, 0.717) is 35.9 Å². The largest absolute Gasteiger partial charge is 0.300 e. The van der Waals surface area contributed by atoms with Gasteiger partial charge in [-0.05, 0) is 86.4 Å². The molecule has 0 unspecified atom stereocenters. The number of rotatable bonds is 1. The SMILES string of the molecule is CC(F)(F)[C@H]1CC[C@H]2[C@@H]3CC[C@H]4CC(=O)CC[C@]4(C)[C@H]3CC[C@]12C. The molecule has 4 aliphatic rings. The van der Waals surface area contributed by atoms with Gasteiger partial charge in [-0.2, -0.15) is 0 Å². The van der Waals surface area contributed by atoms with Gasteiger partial charge in [0.05, 0.1) is 0 Å². The molecule has 0 amide bonds. The molecule has 0 aromatic heterocycles. The molecule has 0 N–H and O–H groups in total. The van der Waals surface area contributed by atoms with Crippen LogP contribution in [0.25, 0.3) is 0 Å². The van der Waals surface area contributed by atoms with Gasteiger partial charge in [0.2, 0.25) is 5.92 Å². The second-order valence-electron chi connectivity index (χ2n) is 10.0. The van der Waals surface area contributed by atoms with Crippen molar-refractivity contribution in [3.63, 3.8) is 0 Å². The lowest BCUT2D eigenvalue weighted by Gasteiger charge is -2.60. The number of carbonyl (C=O) groups excluding carboxylic acids is 1. The third kappa shape index (κ3) is 2.25. The molecule has 4 aliphatic carbocycles. The Balaban J connectivity index is 1.62. The Bertz CT molecular complexity index is 538. The minimum Gasteiger partial charge on any atom is -0.300 e. The van der Waals surface area contributed by atoms with Crippen molar-refractivity contribution in [2.24, 2.45) is 40.4 Å². The minimum atomic E-state index is -2.55. The van der Waals surface area contributed by atoms with Crippen LogP contribution in [0, 0.1) is 40.4 Å². The summed E-state index contributed by atoms with van der Waals surface area (Å²) in [5.74, 6) is -0.235. The zero-order valence-corrected chi connectivity index (χ0v) is 15.4. The first-order chi connectivity index (χ1) is 11.2. The second-order valence-corrected chi connectivity index (χ2v) is 10.0. The van der Waals surface area contributed by atoms with Crippen LogP contribution in [0.15, 0.2) is 0 Å². The van der Waals surface area contributed by atoms with Crippen LogP contribution in [-0.4, -0.2) is 11.7 Å². The third-order valence-corrected chi connectivity index (χ3v) is 9.09. The quantitative estimate of drug-likeness (QED) is 0.584. The maximum Gasteiger partial charge on any atom is 0.248 e. The molecule has 0 spiro atoms. The standard InChI is InChI=1S/C21H32F2O/c1-19-10-8-14(24)12-13(19)4-5-15-16-6-7-18(21(3,22)23)20(16,2)11-9-17(15)19/h13,15-18H,4-12H2,1-3H3/t13-,15-,16-,17-,18-,19-,20-/m0/s1. The summed E-state index contributed by atoms with van der Waals surface area (Å²) >= 11 is 0. The van der Waals surface area contributed by atoms with E-state index in [9.17, 15) is 13.6 Å². The molecule has 0 aromatic carbocycles. The van der Waals surface area contributed by atoms with Crippen molar-refractivity contribution in [2.75, 3.05) is 0 Å². The van der Waals surface area contributed by atoms with Crippen molar-refractivity contribution in [3.8, 4) is 0 Å². The van der Waals surface area contributed by atoms with Crippen molar-refractivity contribution in [1.29, 1.82) is 0 Å². The Morgan fingerprint density at radius 1 is 0.958 bits per heavy atom. The lowest BCUT2D eigenvalue weighted by atomic mass is 9.44. The number of hydrogen-bond acceptors (Lipinski definition) is 1. The molecule has 4 saturated carbocycles. The molecule has 24 heavy (non-hydrogen) atoms. The van der Waals surface area contributed by atoms with E-state index in [0.717, 1.165) is 51.9 Å². The predicted molar refractivity (Wildman–Crippen MR) is 90.8 cm³/mol. The highest BCUT2D eigenvalue weighted by Gasteiger charge is 2.63. The molecule has 1 nitrogen and oxygen atoms in total. The molecule has 0 saturated heterocycles. The van der Waals surface area contributed by atoms with E-state index in [2.05, 4.69) is 13.8 Å². The van der Waals surface area contributed by atoms with Crippen molar-refractivity contribution in [2.45, 2.75) is 84.5 Å². The molecule has 0 aliphatic heterocycles. The molecule has 0 aromatic rings. The van der Waals surface area contributed by atoms with Gasteiger partial charge in [-0.25, -0.2) is 8.78 Å². The number of ketones is 1. The highest BCUT2D eigenvalue weighted by atomic mass is 19.3. The fraction of sp³-hybridized carbons (Fsp3) is 0.952. The number of alkyl halides is 2. The Kier molecular flexibility index (Phi) is 3.72. The fourth-order valence-corrected chi connectivity index (χ4v) is 7.88. The summed E-state index contributed by atoms with van der Waals surface area (Å²) in [5.41, 5.74) is 0.109. The number of fused-ring (bicyclic) bond motifs is 5. The van der Waals surface area contributed by atoms with Gasteiger partial charge in [0.15, 0.2) is 0 Å². The Morgan fingerprint density at radius 2 is 1.67 bits per heavy atom. The molecule has 7 atom stereocenters. The van der Waals surface area contributed by atoms with Crippen LogP contribution in [0.2, 0.25) is 0 Å². The first-order valence-electron chi connectivity index (χ1n) is 10.1. The summed E-state index contributed by atoms with van der Waals surface area (Å²) in [6, 6.07) is 0. The van der Waals surface area contributed by atoms with Gasteiger partial charge < -0.3 is 0 Å². The monoisotopic (exact) mass is 338 g/mol. The average molecular weight is 338 g/mol. The molecule has 4 rings (SSSR count). The number of carbonyl (C=O) groups is 1. The summed E-state index contributed by atoms with van der Waals surface area (Å²) < 4.78 is 28.4. The van der Waals surface area contributed by atoms with E-state index in [1.54, 1.807) is 0 Å². The molecule has 0 heterocycles. The van der Waals surface area contributed by atoms with Gasteiger partial charge in [0.25, 0.3) is 0 Å². The van der Waals surface area contributed by atoms with E-state index < -0.39 is 11.8 Å². The van der Waals surface area contributed by atoms with Crippen LogP contribution in [-0.2, 0) is 4.79 Å². The zero-order chi connectivity index (χ0) is 17.3. The van der Waals surface area contributed by atoms with Crippen molar-refractivity contribution >= 4 is 5.78 Å². The molecule has 0 radical (unpaired) electrons. The molecule has 136 valence electrons. The van der Waals surface area contributed by atoms with Crippen LogP contribution in [0.3, 0.4) is 0 Å². The van der Waals surface area contributed by atoms with Crippen molar-refractivity contribution in [3.05, 3.63) is 0 Å². The summed E-state index contributed by atoms with van der Waals surface area (Å²) in [6.07, 6.45) is 8.62. The summed E-state index contributed by atoms with van der Waals surface area (Å²) in [5, 5.41) is 0. The van der Waals surface area contributed by atoms with Gasteiger partial charge in [-0.15, -0.1) is 0 Å². The lowest BCUT2D eigenvalue weighted by molar-refractivity contribution is -0.152. The normalized spacial score (nSPS) is 51.7. The Hall–Kier alpha value is -0.470. The lowest BCUT2D eigenvalue weighted by Crippen LogP contribution is -2.54. The van der Waals surface area contributed by atoms with Crippen molar-refractivity contribution < 1.29 is 13.6 Å². The second kappa shape index (κ2) is 5.27. The molecule has 0 bridgehead atoms. The molecule has 4 fully saturated rings. The van der Waals surface area contributed by atoms with E-state index in [1.165, 1.54) is 6.42 Å². The predicted octanol–water partition coefficient (Wildman–Crippen LogP) is 5.87. The Labute approximate surface area is 145 Å².